The normalized spacial score (nSPS) is 17.0. The molecule has 1 amide bonds. The number of nitrogens with one attached hydrogen (secondary N) is 2. The fourth-order valence-corrected chi connectivity index (χ4v) is 3.86. The summed E-state index contributed by atoms with van der Waals surface area (Å²) in [5.74, 6) is 1.25. The number of hydrogen-bond acceptors (Lipinski definition) is 6. The van der Waals surface area contributed by atoms with Crippen LogP contribution in [-0.4, -0.2) is 46.0 Å². The van der Waals surface area contributed by atoms with Crippen LogP contribution in [0, 0.1) is 11.8 Å². The van der Waals surface area contributed by atoms with Crippen LogP contribution in [0.3, 0.4) is 0 Å². The first-order valence-electron chi connectivity index (χ1n) is 9.44. The molecule has 1 aliphatic rings. The number of nitrogens with zero attached hydrogens (tertiary/aromatic N) is 2. The predicted molar refractivity (Wildman–Crippen MR) is 101 cm³/mol. The van der Waals surface area contributed by atoms with Gasteiger partial charge in [0.2, 0.25) is 11.1 Å². The van der Waals surface area contributed by atoms with Crippen molar-refractivity contribution < 1.29 is 14.3 Å². The minimum Gasteiger partial charge on any atom is -0.467 e. The molecule has 1 aliphatic carbocycles. The number of aromatic amines is 1. The topological polar surface area (TPSA) is 97.0 Å². The molecule has 0 bridgehead atoms. The number of aryl methyl sites for hydroxylation is 1. The van der Waals surface area contributed by atoms with Crippen LogP contribution >= 0.6 is 11.8 Å². The highest BCUT2D eigenvalue weighted by Crippen LogP contribution is 2.28. The van der Waals surface area contributed by atoms with Gasteiger partial charge in [-0.25, -0.2) is 9.78 Å². The molecule has 2 atom stereocenters. The van der Waals surface area contributed by atoms with E-state index in [9.17, 15) is 9.59 Å². The Hall–Kier alpha value is -1.57. The van der Waals surface area contributed by atoms with E-state index in [0.29, 0.717) is 5.16 Å². The number of rotatable bonds is 10. The summed E-state index contributed by atoms with van der Waals surface area (Å²) in [7, 11) is 1.33. The van der Waals surface area contributed by atoms with Crippen molar-refractivity contribution in [3.63, 3.8) is 0 Å². The van der Waals surface area contributed by atoms with Crippen molar-refractivity contribution in [3.8, 4) is 0 Å². The molecule has 1 fully saturated rings. The maximum atomic E-state index is 12.2. The average Bonchev–Trinajstić information content (AvgIpc) is 3.33. The zero-order valence-corrected chi connectivity index (χ0v) is 16.7. The number of esters is 1. The lowest BCUT2D eigenvalue weighted by molar-refractivity contribution is -0.146. The molecular weight excluding hydrogens is 352 g/mol. The summed E-state index contributed by atoms with van der Waals surface area (Å²) >= 11 is 1.27. The number of methoxy groups -OCH3 is 1. The standard InChI is InChI=1S/C18H30N4O3S/c1-4-12(2)16(17(24)25-3)20-15(23)11-26-18-19-14(21-22-18)10-9-13-7-5-6-8-13/h12-13,16H,4-11H2,1-3H3,(H,20,23)(H,19,21,22). The number of hydrogen-bond donors (Lipinski definition) is 2. The van der Waals surface area contributed by atoms with E-state index in [4.69, 9.17) is 4.74 Å². The largest absolute Gasteiger partial charge is 0.467 e. The molecule has 1 heterocycles. The number of carbonyl (C=O) groups is 2. The molecule has 0 spiro atoms. The number of aromatic nitrogens is 3. The molecule has 0 radical (unpaired) electrons. The number of carbonyl (C=O) groups excluding carboxylic acids is 2. The van der Waals surface area contributed by atoms with E-state index in [-0.39, 0.29) is 17.6 Å². The smallest absolute Gasteiger partial charge is 0.328 e. The highest BCUT2D eigenvalue weighted by Gasteiger charge is 2.26. The molecule has 1 aromatic rings. The van der Waals surface area contributed by atoms with Crippen molar-refractivity contribution in [2.75, 3.05) is 12.9 Å². The van der Waals surface area contributed by atoms with Crippen LogP contribution in [0.4, 0.5) is 0 Å². The Morgan fingerprint density at radius 3 is 2.77 bits per heavy atom. The van der Waals surface area contributed by atoms with Crippen LogP contribution in [0.2, 0.25) is 0 Å². The van der Waals surface area contributed by atoms with Gasteiger partial charge in [-0.2, -0.15) is 0 Å². The molecule has 0 aliphatic heterocycles. The highest BCUT2D eigenvalue weighted by molar-refractivity contribution is 7.99. The zero-order valence-electron chi connectivity index (χ0n) is 15.9. The molecule has 0 saturated heterocycles. The Morgan fingerprint density at radius 1 is 1.38 bits per heavy atom. The molecular formula is C18H30N4O3S. The van der Waals surface area contributed by atoms with Gasteiger partial charge in [-0.1, -0.05) is 57.7 Å². The SMILES string of the molecule is CCC(C)C(NC(=O)CSc1n[nH]c(CCC2CCCC2)n1)C(=O)OC. The number of thioether (sulfide) groups is 1. The van der Waals surface area contributed by atoms with Gasteiger partial charge in [-0.05, 0) is 18.3 Å². The molecule has 26 heavy (non-hydrogen) atoms. The Balaban J connectivity index is 1.76. The van der Waals surface area contributed by atoms with Gasteiger partial charge in [0.15, 0.2) is 0 Å². The molecule has 2 N–H and O–H groups in total. The van der Waals surface area contributed by atoms with Crippen molar-refractivity contribution >= 4 is 23.6 Å². The molecule has 1 saturated carbocycles. The van der Waals surface area contributed by atoms with Crippen LogP contribution in [0.25, 0.3) is 0 Å². The summed E-state index contributed by atoms with van der Waals surface area (Å²) in [5.41, 5.74) is 0. The van der Waals surface area contributed by atoms with Gasteiger partial charge in [-0.15, -0.1) is 5.10 Å². The lowest BCUT2D eigenvalue weighted by atomic mass is 9.99. The van der Waals surface area contributed by atoms with E-state index < -0.39 is 12.0 Å². The van der Waals surface area contributed by atoms with Crippen molar-refractivity contribution in [2.24, 2.45) is 11.8 Å². The Labute approximate surface area is 159 Å². The zero-order chi connectivity index (χ0) is 18.9. The number of H-pyrrole nitrogens is 1. The summed E-state index contributed by atoms with van der Waals surface area (Å²) in [6, 6.07) is -0.618. The van der Waals surface area contributed by atoms with Gasteiger partial charge < -0.3 is 10.1 Å². The molecule has 7 nitrogen and oxygen atoms in total. The fourth-order valence-electron chi connectivity index (χ4n) is 3.24. The lowest BCUT2D eigenvalue weighted by Crippen LogP contribution is -2.46. The van der Waals surface area contributed by atoms with Crippen LogP contribution in [0.15, 0.2) is 5.16 Å². The van der Waals surface area contributed by atoms with Gasteiger partial charge >= 0.3 is 5.97 Å². The van der Waals surface area contributed by atoms with Crippen molar-refractivity contribution in [1.82, 2.24) is 20.5 Å². The first-order chi connectivity index (χ1) is 12.5. The minimum atomic E-state index is -0.618. The van der Waals surface area contributed by atoms with Gasteiger partial charge in [0, 0.05) is 6.42 Å². The fraction of sp³-hybridized carbons (Fsp3) is 0.778. The van der Waals surface area contributed by atoms with Gasteiger partial charge in [0.05, 0.1) is 12.9 Å². The average molecular weight is 383 g/mol. The van der Waals surface area contributed by atoms with Crippen molar-refractivity contribution in [1.29, 1.82) is 0 Å². The maximum absolute atomic E-state index is 12.2. The van der Waals surface area contributed by atoms with E-state index in [1.54, 1.807) is 0 Å². The Kier molecular flexibility index (Phi) is 8.41. The van der Waals surface area contributed by atoms with Crippen LogP contribution < -0.4 is 5.32 Å². The van der Waals surface area contributed by atoms with Crippen molar-refractivity contribution in [2.45, 2.75) is 70.0 Å². The summed E-state index contributed by atoms with van der Waals surface area (Å²) < 4.78 is 4.78. The predicted octanol–water partition coefficient (Wildman–Crippen LogP) is 2.72. The van der Waals surface area contributed by atoms with E-state index in [2.05, 4.69) is 20.5 Å². The summed E-state index contributed by atoms with van der Waals surface area (Å²) in [5, 5.41) is 10.5. The first kappa shape index (κ1) is 20.7. The monoisotopic (exact) mass is 382 g/mol. The summed E-state index contributed by atoms with van der Waals surface area (Å²) in [6.45, 7) is 3.89. The highest BCUT2D eigenvalue weighted by atomic mass is 32.2. The second kappa shape index (κ2) is 10.5. The second-order valence-electron chi connectivity index (χ2n) is 7.00. The second-order valence-corrected chi connectivity index (χ2v) is 7.94. The van der Waals surface area contributed by atoms with Crippen LogP contribution in [0.5, 0.6) is 0 Å². The first-order valence-corrected chi connectivity index (χ1v) is 10.4. The molecule has 8 heteroatoms. The van der Waals surface area contributed by atoms with Gasteiger partial charge in [0.1, 0.15) is 11.9 Å². The van der Waals surface area contributed by atoms with Crippen molar-refractivity contribution in [3.05, 3.63) is 5.82 Å². The van der Waals surface area contributed by atoms with E-state index in [1.165, 1.54) is 44.6 Å². The maximum Gasteiger partial charge on any atom is 0.328 e. The third kappa shape index (κ3) is 6.30. The minimum absolute atomic E-state index is 0.0158. The molecule has 1 aromatic heterocycles. The summed E-state index contributed by atoms with van der Waals surface area (Å²) in [6.07, 6.45) is 8.18. The Bertz CT molecular complexity index is 587. The molecule has 2 unspecified atom stereocenters. The van der Waals surface area contributed by atoms with Crippen LogP contribution in [-0.2, 0) is 20.7 Å². The number of amides is 1. The van der Waals surface area contributed by atoms with E-state index in [0.717, 1.165) is 31.0 Å². The van der Waals surface area contributed by atoms with Crippen LogP contribution in [0.1, 0.15) is 58.2 Å². The Morgan fingerprint density at radius 2 is 2.12 bits per heavy atom. The molecule has 2 rings (SSSR count). The summed E-state index contributed by atoms with van der Waals surface area (Å²) in [4.78, 5) is 28.5. The third-order valence-corrected chi connectivity index (χ3v) is 5.94. The van der Waals surface area contributed by atoms with E-state index in [1.807, 2.05) is 13.8 Å². The lowest BCUT2D eigenvalue weighted by Gasteiger charge is -2.21. The third-order valence-electron chi connectivity index (χ3n) is 5.09. The molecule has 0 aromatic carbocycles. The van der Waals surface area contributed by atoms with Gasteiger partial charge in [0.25, 0.3) is 0 Å². The quantitative estimate of drug-likeness (QED) is 0.477. The molecule has 146 valence electrons. The van der Waals surface area contributed by atoms with Gasteiger partial charge in [-0.3, -0.25) is 9.89 Å². The van der Waals surface area contributed by atoms with E-state index >= 15 is 0 Å². The number of ether oxygens (including phenoxy) is 1.